The van der Waals surface area contributed by atoms with Gasteiger partial charge in [0.2, 0.25) is 0 Å². The van der Waals surface area contributed by atoms with Crippen LogP contribution in [-0.4, -0.2) is 16.5 Å². The summed E-state index contributed by atoms with van der Waals surface area (Å²) in [5.74, 6) is 0.187. The molecule has 0 saturated heterocycles. The van der Waals surface area contributed by atoms with Gasteiger partial charge in [0, 0.05) is 30.6 Å². The number of hydrogen-bond donors (Lipinski definition) is 1. The lowest BCUT2D eigenvalue weighted by Crippen LogP contribution is -2.25. The predicted octanol–water partition coefficient (Wildman–Crippen LogP) is 2.58. The highest BCUT2D eigenvalue weighted by atomic mass is 35.5. The van der Waals surface area contributed by atoms with E-state index in [-0.39, 0.29) is 5.82 Å². The molecule has 2 heterocycles. The van der Waals surface area contributed by atoms with Crippen LogP contribution in [0.3, 0.4) is 0 Å². The Bertz CT molecular complexity index is 601. The van der Waals surface area contributed by atoms with Gasteiger partial charge in [0.1, 0.15) is 11.0 Å². The first kappa shape index (κ1) is 11.6. The molecule has 1 aromatic carbocycles. The van der Waals surface area contributed by atoms with Gasteiger partial charge in [-0.25, -0.2) is 14.4 Å². The predicted molar refractivity (Wildman–Crippen MR) is 67.8 cm³/mol. The van der Waals surface area contributed by atoms with Gasteiger partial charge in [-0.2, -0.15) is 0 Å². The SMILES string of the molecule is Fc1cccc(-c2nc(Cl)c3c(n2)CCNC3)c1. The van der Waals surface area contributed by atoms with Crippen LogP contribution in [0.4, 0.5) is 4.39 Å². The molecule has 0 saturated carbocycles. The molecule has 1 aromatic heterocycles. The third-order valence-electron chi connectivity index (χ3n) is 2.97. The van der Waals surface area contributed by atoms with Crippen molar-refractivity contribution in [3.63, 3.8) is 0 Å². The maximum absolute atomic E-state index is 13.2. The molecule has 1 N–H and O–H groups in total. The second-order valence-corrected chi connectivity index (χ2v) is 4.56. The van der Waals surface area contributed by atoms with Crippen molar-refractivity contribution in [3.05, 3.63) is 46.5 Å². The molecule has 0 amide bonds. The molecule has 3 rings (SSSR count). The van der Waals surface area contributed by atoms with Crippen LogP contribution < -0.4 is 5.32 Å². The monoisotopic (exact) mass is 263 g/mol. The first-order valence-electron chi connectivity index (χ1n) is 5.76. The molecule has 0 spiro atoms. The fourth-order valence-corrected chi connectivity index (χ4v) is 2.31. The van der Waals surface area contributed by atoms with Gasteiger partial charge in [0.15, 0.2) is 5.82 Å². The summed E-state index contributed by atoms with van der Waals surface area (Å²) in [6, 6.07) is 6.23. The Kier molecular flexibility index (Phi) is 2.97. The zero-order chi connectivity index (χ0) is 12.5. The minimum atomic E-state index is -0.299. The van der Waals surface area contributed by atoms with E-state index in [9.17, 15) is 4.39 Å². The molecule has 0 aliphatic carbocycles. The Balaban J connectivity index is 2.11. The number of fused-ring (bicyclic) bond motifs is 1. The molecule has 0 atom stereocenters. The summed E-state index contributed by atoms with van der Waals surface area (Å²) in [6.07, 6.45) is 0.819. The van der Waals surface area contributed by atoms with Crippen LogP contribution in [-0.2, 0) is 13.0 Å². The van der Waals surface area contributed by atoms with E-state index >= 15 is 0 Å². The van der Waals surface area contributed by atoms with Crippen molar-refractivity contribution < 1.29 is 4.39 Å². The number of nitrogens with zero attached hydrogens (tertiary/aromatic N) is 2. The van der Waals surface area contributed by atoms with Crippen LogP contribution in [0.15, 0.2) is 24.3 Å². The van der Waals surface area contributed by atoms with E-state index in [0.29, 0.717) is 23.1 Å². The van der Waals surface area contributed by atoms with Gasteiger partial charge in [-0.15, -0.1) is 0 Å². The number of nitrogens with one attached hydrogen (secondary N) is 1. The Morgan fingerprint density at radius 3 is 3.00 bits per heavy atom. The van der Waals surface area contributed by atoms with Gasteiger partial charge in [-0.1, -0.05) is 23.7 Å². The van der Waals surface area contributed by atoms with E-state index < -0.39 is 0 Å². The Hall–Kier alpha value is -1.52. The second kappa shape index (κ2) is 4.63. The highest BCUT2D eigenvalue weighted by molar-refractivity contribution is 6.30. The summed E-state index contributed by atoms with van der Waals surface area (Å²) in [4.78, 5) is 8.73. The number of rotatable bonds is 1. The summed E-state index contributed by atoms with van der Waals surface area (Å²) in [5, 5.41) is 3.68. The summed E-state index contributed by atoms with van der Waals surface area (Å²) in [7, 11) is 0. The van der Waals surface area contributed by atoms with Crippen LogP contribution in [0.25, 0.3) is 11.4 Å². The summed E-state index contributed by atoms with van der Waals surface area (Å²) < 4.78 is 13.2. The van der Waals surface area contributed by atoms with Crippen LogP contribution in [0.1, 0.15) is 11.3 Å². The Morgan fingerprint density at radius 2 is 2.17 bits per heavy atom. The van der Waals surface area contributed by atoms with Crippen molar-refractivity contribution in [2.45, 2.75) is 13.0 Å². The second-order valence-electron chi connectivity index (χ2n) is 4.20. The van der Waals surface area contributed by atoms with Crippen LogP contribution in [0.2, 0.25) is 5.15 Å². The largest absolute Gasteiger partial charge is 0.312 e. The highest BCUT2D eigenvalue weighted by Gasteiger charge is 2.17. The molecule has 5 heteroatoms. The minimum Gasteiger partial charge on any atom is -0.312 e. The van der Waals surface area contributed by atoms with Gasteiger partial charge < -0.3 is 5.32 Å². The van der Waals surface area contributed by atoms with Gasteiger partial charge in [0.05, 0.1) is 5.69 Å². The normalized spacial score (nSPS) is 14.3. The first-order chi connectivity index (χ1) is 8.74. The van der Waals surface area contributed by atoms with Crippen molar-refractivity contribution in [2.24, 2.45) is 0 Å². The van der Waals surface area contributed by atoms with E-state index in [2.05, 4.69) is 15.3 Å². The molecule has 0 radical (unpaired) electrons. The molecule has 3 nitrogen and oxygen atoms in total. The lowest BCUT2D eigenvalue weighted by atomic mass is 10.1. The maximum Gasteiger partial charge on any atom is 0.161 e. The fraction of sp³-hybridized carbons (Fsp3) is 0.231. The maximum atomic E-state index is 13.2. The summed E-state index contributed by atoms with van der Waals surface area (Å²) in [5.41, 5.74) is 2.55. The third-order valence-corrected chi connectivity index (χ3v) is 3.28. The zero-order valence-electron chi connectivity index (χ0n) is 9.58. The molecule has 0 unspecified atom stereocenters. The minimum absolute atomic E-state index is 0.299. The van der Waals surface area contributed by atoms with Crippen LogP contribution in [0, 0.1) is 5.82 Å². The average molecular weight is 264 g/mol. The smallest absolute Gasteiger partial charge is 0.161 e. The fourth-order valence-electron chi connectivity index (χ4n) is 2.06. The van der Waals surface area contributed by atoms with Crippen molar-refractivity contribution >= 4 is 11.6 Å². The van der Waals surface area contributed by atoms with E-state index in [1.54, 1.807) is 12.1 Å². The average Bonchev–Trinajstić information content (AvgIpc) is 2.39. The molecule has 1 aliphatic heterocycles. The molecular weight excluding hydrogens is 253 g/mol. The van der Waals surface area contributed by atoms with Crippen LogP contribution in [0.5, 0.6) is 0 Å². The van der Waals surface area contributed by atoms with Crippen molar-refractivity contribution in [1.29, 1.82) is 0 Å². The van der Waals surface area contributed by atoms with Crippen LogP contribution >= 0.6 is 11.6 Å². The lowest BCUT2D eigenvalue weighted by Gasteiger charge is -2.17. The van der Waals surface area contributed by atoms with E-state index in [1.807, 2.05) is 0 Å². The highest BCUT2D eigenvalue weighted by Crippen LogP contribution is 2.24. The Labute approximate surface area is 109 Å². The standard InChI is InChI=1S/C13H11ClFN3/c14-12-10-7-16-5-4-11(10)17-13(18-12)8-2-1-3-9(15)6-8/h1-3,6,16H,4-5,7H2. The van der Waals surface area contributed by atoms with Gasteiger partial charge >= 0.3 is 0 Å². The van der Waals surface area contributed by atoms with Crippen molar-refractivity contribution in [2.75, 3.05) is 6.54 Å². The Morgan fingerprint density at radius 1 is 1.28 bits per heavy atom. The molecule has 0 fully saturated rings. The molecular formula is C13H11ClFN3. The zero-order valence-corrected chi connectivity index (χ0v) is 10.3. The third kappa shape index (κ3) is 2.09. The molecule has 18 heavy (non-hydrogen) atoms. The first-order valence-corrected chi connectivity index (χ1v) is 6.14. The molecule has 0 bridgehead atoms. The summed E-state index contributed by atoms with van der Waals surface area (Å²) in [6.45, 7) is 1.57. The van der Waals surface area contributed by atoms with E-state index in [1.165, 1.54) is 12.1 Å². The molecule has 92 valence electrons. The molecule has 1 aliphatic rings. The van der Waals surface area contributed by atoms with E-state index in [0.717, 1.165) is 24.2 Å². The number of hydrogen-bond acceptors (Lipinski definition) is 3. The number of aromatic nitrogens is 2. The van der Waals surface area contributed by atoms with Gasteiger partial charge in [0.25, 0.3) is 0 Å². The quantitative estimate of drug-likeness (QED) is 0.804. The number of halogens is 2. The molecule has 2 aromatic rings. The number of benzene rings is 1. The van der Waals surface area contributed by atoms with Gasteiger partial charge in [-0.3, -0.25) is 0 Å². The topological polar surface area (TPSA) is 37.8 Å². The summed E-state index contributed by atoms with van der Waals surface area (Å²) >= 11 is 6.15. The lowest BCUT2D eigenvalue weighted by molar-refractivity contribution is 0.624. The van der Waals surface area contributed by atoms with Crippen molar-refractivity contribution in [3.8, 4) is 11.4 Å². The van der Waals surface area contributed by atoms with Gasteiger partial charge in [-0.05, 0) is 12.1 Å². The van der Waals surface area contributed by atoms with E-state index in [4.69, 9.17) is 11.6 Å². The van der Waals surface area contributed by atoms with Crippen molar-refractivity contribution in [1.82, 2.24) is 15.3 Å².